The SMILES string of the molecule is COc1cc(O)ccc1C1(C)CCC1. The molecule has 1 aliphatic rings. The van der Waals surface area contributed by atoms with Crippen LogP contribution in [0.2, 0.25) is 0 Å². The van der Waals surface area contributed by atoms with Gasteiger partial charge in [-0.2, -0.15) is 0 Å². The van der Waals surface area contributed by atoms with E-state index in [9.17, 15) is 5.11 Å². The Morgan fingerprint density at radius 3 is 2.57 bits per heavy atom. The highest BCUT2D eigenvalue weighted by Crippen LogP contribution is 2.47. The summed E-state index contributed by atoms with van der Waals surface area (Å²) in [5, 5.41) is 9.35. The third kappa shape index (κ3) is 1.35. The van der Waals surface area contributed by atoms with Crippen LogP contribution >= 0.6 is 0 Å². The van der Waals surface area contributed by atoms with Gasteiger partial charge in [0.15, 0.2) is 0 Å². The zero-order valence-electron chi connectivity index (χ0n) is 8.71. The summed E-state index contributed by atoms with van der Waals surface area (Å²) in [6.45, 7) is 2.26. The molecule has 14 heavy (non-hydrogen) atoms. The van der Waals surface area contributed by atoms with Gasteiger partial charge in [-0.05, 0) is 24.3 Å². The van der Waals surface area contributed by atoms with Crippen LogP contribution in [0.15, 0.2) is 18.2 Å². The highest BCUT2D eigenvalue weighted by atomic mass is 16.5. The van der Waals surface area contributed by atoms with Gasteiger partial charge in [0.2, 0.25) is 0 Å². The normalized spacial score (nSPS) is 18.7. The number of hydrogen-bond acceptors (Lipinski definition) is 2. The monoisotopic (exact) mass is 192 g/mol. The quantitative estimate of drug-likeness (QED) is 0.780. The van der Waals surface area contributed by atoms with E-state index < -0.39 is 0 Å². The Balaban J connectivity index is 2.41. The molecule has 1 saturated carbocycles. The lowest BCUT2D eigenvalue weighted by atomic mass is 9.66. The molecule has 76 valence electrons. The van der Waals surface area contributed by atoms with Crippen LogP contribution in [0.1, 0.15) is 31.7 Å². The Bertz CT molecular complexity index is 340. The second-order valence-corrected chi connectivity index (χ2v) is 4.30. The van der Waals surface area contributed by atoms with Crippen molar-refractivity contribution in [3.05, 3.63) is 23.8 Å². The van der Waals surface area contributed by atoms with Gasteiger partial charge in [-0.15, -0.1) is 0 Å². The Morgan fingerprint density at radius 1 is 1.36 bits per heavy atom. The minimum absolute atomic E-state index is 0.263. The second-order valence-electron chi connectivity index (χ2n) is 4.30. The van der Waals surface area contributed by atoms with E-state index in [0.717, 1.165) is 5.75 Å². The molecule has 1 fully saturated rings. The van der Waals surface area contributed by atoms with Gasteiger partial charge in [0, 0.05) is 11.6 Å². The highest BCUT2D eigenvalue weighted by molar-refractivity contribution is 5.45. The van der Waals surface area contributed by atoms with Crippen LogP contribution in [0.25, 0.3) is 0 Å². The molecule has 1 aromatic rings. The molecule has 1 aliphatic carbocycles. The fourth-order valence-electron chi connectivity index (χ4n) is 2.15. The van der Waals surface area contributed by atoms with E-state index in [2.05, 4.69) is 6.92 Å². The molecule has 2 nitrogen and oxygen atoms in total. The number of methoxy groups -OCH3 is 1. The number of aromatic hydroxyl groups is 1. The van der Waals surface area contributed by atoms with E-state index >= 15 is 0 Å². The summed E-state index contributed by atoms with van der Waals surface area (Å²) in [6, 6.07) is 5.41. The number of rotatable bonds is 2. The Labute approximate surface area is 84.5 Å². The predicted molar refractivity (Wildman–Crippen MR) is 55.9 cm³/mol. The van der Waals surface area contributed by atoms with Crippen LogP contribution in [-0.4, -0.2) is 12.2 Å². The summed E-state index contributed by atoms with van der Waals surface area (Å²) in [6.07, 6.45) is 3.73. The van der Waals surface area contributed by atoms with Gasteiger partial charge in [0.1, 0.15) is 11.5 Å². The lowest BCUT2D eigenvalue weighted by Gasteiger charge is -2.39. The fraction of sp³-hybridized carbons (Fsp3) is 0.500. The predicted octanol–water partition coefficient (Wildman–Crippen LogP) is 2.84. The van der Waals surface area contributed by atoms with Gasteiger partial charge in [-0.1, -0.05) is 19.4 Å². The summed E-state index contributed by atoms with van der Waals surface area (Å²) in [5.74, 6) is 1.08. The molecule has 0 spiro atoms. The third-order valence-corrected chi connectivity index (χ3v) is 3.29. The summed E-state index contributed by atoms with van der Waals surface area (Å²) < 4.78 is 5.29. The number of benzene rings is 1. The molecule has 0 radical (unpaired) electrons. The number of phenols is 1. The van der Waals surface area contributed by atoms with Crippen molar-refractivity contribution in [3.8, 4) is 11.5 Å². The molecule has 0 bridgehead atoms. The standard InChI is InChI=1S/C12H16O2/c1-12(6-3-7-12)10-5-4-9(13)8-11(10)14-2/h4-5,8,13H,3,6-7H2,1-2H3. The van der Waals surface area contributed by atoms with Crippen LogP contribution in [0.5, 0.6) is 11.5 Å². The van der Waals surface area contributed by atoms with Crippen molar-refractivity contribution in [3.63, 3.8) is 0 Å². The molecule has 0 saturated heterocycles. The van der Waals surface area contributed by atoms with Crippen molar-refractivity contribution in [2.75, 3.05) is 7.11 Å². The molecule has 0 amide bonds. The smallest absolute Gasteiger partial charge is 0.126 e. The van der Waals surface area contributed by atoms with Crippen molar-refractivity contribution < 1.29 is 9.84 Å². The first-order valence-corrected chi connectivity index (χ1v) is 5.03. The van der Waals surface area contributed by atoms with Crippen molar-refractivity contribution in [2.24, 2.45) is 0 Å². The molecule has 2 heteroatoms. The topological polar surface area (TPSA) is 29.5 Å². The molecule has 0 heterocycles. The van der Waals surface area contributed by atoms with Gasteiger partial charge >= 0.3 is 0 Å². The van der Waals surface area contributed by atoms with E-state index in [4.69, 9.17) is 4.74 Å². The fourth-order valence-corrected chi connectivity index (χ4v) is 2.15. The Hall–Kier alpha value is -1.18. The van der Waals surface area contributed by atoms with Gasteiger partial charge in [-0.25, -0.2) is 0 Å². The van der Waals surface area contributed by atoms with E-state index in [0.29, 0.717) is 0 Å². The number of ether oxygens (including phenoxy) is 1. The largest absolute Gasteiger partial charge is 0.508 e. The molecule has 0 atom stereocenters. The summed E-state index contributed by atoms with van der Waals surface area (Å²) in [4.78, 5) is 0. The van der Waals surface area contributed by atoms with E-state index in [1.807, 2.05) is 6.07 Å². The first kappa shape index (κ1) is 9.38. The minimum atomic E-state index is 0.263. The molecule has 2 rings (SSSR count). The molecular formula is C12H16O2. The molecule has 1 N–H and O–H groups in total. The Morgan fingerprint density at radius 2 is 2.07 bits per heavy atom. The van der Waals surface area contributed by atoms with Crippen molar-refractivity contribution >= 4 is 0 Å². The van der Waals surface area contributed by atoms with Crippen LogP contribution in [0.4, 0.5) is 0 Å². The van der Waals surface area contributed by atoms with Crippen LogP contribution in [-0.2, 0) is 5.41 Å². The summed E-state index contributed by atoms with van der Waals surface area (Å²) in [7, 11) is 1.65. The van der Waals surface area contributed by atoms with E-state index in [1.54, 1.807) is 19.2 Å². The van der Waals surface area contributed by atoms with Crippen LogP contribution < -0.4 is 4.74 Å². The van der Waals surface area contributed by atoms with Crippen LogP contribution in [0.3, 0.4) is 0 Å². The van der Waals surface area contributed by atoms with Gasteiger partial charge in [0.05, 0.1) is 7.11 Å². The van der Waals surface area contributed by atoms with Gasteiger partial charge in [-0.3, -0.25) is 0 Å². The van der Waals surface area contributed by atoms with Gasteiger partial charge < -0.3 is 9.84 Å². The average Bonchev–Trinajstić information content (AvgIpc) is 2.14. The third-order valence-electron chi connectivity index (χ3n) is 3.29. The van der Waals surface area contributed by atoms with Gasteiger partial charge in [0.25, 0.3) is 0 Å². The average molecular weight is 192 g/mol. The molecule has 0 aliphatic heterocycles. The summed E-state index contributed by atoms with van der Waals surface area (Å²) >= 11 is 0. The lowest BCUT2D eigenvalue weighted by molar-refractivity contribution is 0.260. The maximum atomic E-state index is 9.35. The number of hydrogen-bond donors (Lipinski definition) is 1. The van der Waals surface area contributed by atoms with Crippen molar-refractivity contribution in [2.45, 2.75) is 31.6 Å². The zero-order valence-corrected chi connectivity index (χ0v) is 8.71. The number of phenolic OH excluding ortho intramolecular Hbond substituents is 1. The highest BCUT2D eigenvalue weighted by Gasteiger charge is 2.35. The molecule has 1 aromatic carbocycles. The summed E-state index contributed by atoms with van der Waals surface area (Å²) in [5.41, 5.74) is 1.49. The minimum Gasteiger partial charge on any atom is -0.508 e. The van der Waals surface area contributed by atoms with Crippen LogP contribution in [0, 0.1) is 0 Å². The van der Waals surface area contributed by atoms with Crippen molar-refractivity contribution in [1.82, 2.24) is 0 Å². The maximum absolute atomic E-state index is 9.35. The van der Waals surface area contributed by atoms with E-state index in [1.165, 1.54) is 24.8 Å². The van der Waals surface area contributed by atoms with E-state index in [-0.39, 0.29) is 11.2 Å². The molecule has 0 unspecified atom stereocenters. The molecule has 0 aromatic heterocycles. The first-order chi connectivity index (χ1) is 6.65. The Kier molecular flexibility index (Phi) is 2.14. The molecular weight excluding hydrogens is 176 g/mol. The first-order valence-electron chi connectivity index (χ1n) is 5.03. The second kappa shape index (κ2) is 3.19. The lowest BCUT2D eigenvalue weighted by Crippen LogP contribution is -2.30. The zero-order chi connectivity index (χ0) is 10.2. The maximum Gasteiger partial charge on any atom is 0.126 e. The van der Waals surface area contributed by atoms with Crippen molar-refractivity contribution in [1.29, 1.82) is 0 Å².